The summed E-state index contributed by atoms with van der Waals surface area (Å²) in [6.07, 6.45) is 0. The fraction of sp³-hybridized carbons (Fsp3) is 0.235. The zero-order valence-electron chi connectivity index (χ0n) is 14.1. The predicted molar refractivity (Wildman–Crippen MR) is 93.6 cm³/mol. The van der Waals surface area contributed by atoms with E-state index in [4.69, 9.17) is 15.2 Å². The first kappa shape index (κ1) is 19.4. The third-order valence-electron chi connectivity index (χ3n) is 3.36. The van der Waals surface area contributed by atoms with Gasteiger partial charge in [-0.15, -0.1) is 11.3 Å². The first-order valence-electron chi connectivity index (χ1n) is 7.62. The van der Waals surface area contributed by atoms with E-state index in [9.17, 15) is 18.8 Å². The van der Waals surface area contributed by atoms with Crippen molar-refractivity contribution in [1.82, 2.24) is 5.32 Å². The van der Waals surface area contributed by atoms with Crippen LogP contribution in [0.4, 0.5) is 9.39 Å². The van der Waals surface area contributed by atoms with Crippen molar-refractivity contribution in [2.45, 2.75) is 13.5 Å². The van der Waals surface area contributed by atoms with Gasteiger partial charge in [-0.1, -0.05) is 6.07 Å². The molecular weight excluding hydrogens is 363 g/mol. The molecule has 1 amide bonds. The number of nitrogens with one attached hydrogen (secondary N) is 1. The molecule has 1 aromatic carbocycles. The van der Waals surface area contributed by atoms with Crippen molar-refractivity contribution in [2.24, 2.45) is 0 Å². The fourth-order valence-electron chi connectivity index (χ4n) is 2.18. The Balaban J connectivity index is 2.32. The highest BCUT2D eigenvalue weighted by atomic mass is 32.1. The van der Waals surface area contributed by atoms with Crippen molar-refractivity contribution < 1.29 is 28.2 Å². The van der Waals surface area contributed by atoms with Crippen molar-refractivity contribution >= 4 is 34.2 Å². The maximum Gasteiger partial charge on any atom is 0.341 e. The molecular formula is C17H17FN2O5S. The molecule has 2 aromatic rings. The number of esters is 2. The number of amides is 1. The molecule has 0 aliphatic carbocycles. The standard InChI is InChI=1S/C17H17FN2O5S/c1-3-24-17(23)12-11(13(15(21)20-2)26-14(12)19)8-25-16(22)9-5-4-6-10(18)7-9/h4-7H,3,8,19H2,1-2H3,(H,20,21). The second-order valence-electron chi connectivity index (χ2n) is 5.04. The van der Waals surface area contributed by atoms with Gasteiger partial charge in [0.1, 0.15) is 27.9 Å². The van der Waals surface area contributed by atoms with Crippen molar-refractivity contribution in [2.75, 3.05) is 19.4 Å². The van der Waals surface area contributed by atoms with Crippen LogP contribution in [0.2, 0.25) is 0 Å². The average Bonchev–Trinajstić information content (AvgIpc) is 2.95. The lowest BCUT2D eigenvalue weighted by Crippen LogP contribution is -2.19. The summed E-state index contributed by atoms with van der Waals surface area (Å²) in [5, 5.41) is 2.52. The van der Waals surface area contributed by atoms with Crippen molar-refractivity contribution in [1.29, 1.82) is 0 Å². The summed E-state index contributed by atoms with van der Waals surface area (Å²) in [7, 11) is 1.42. The van der Waals surface area contributed by atoms with Gasteiger partial charge in [0.15, 0.2) is 0 Å². The second-order valence-corrected chi connectivity index (χ2v) is 6.09. The number of benzene rings is 1. The Kier molecular flexibility index (Phi) is 6.29. The molecule has 9 heteroatoms. The third kappa shape index (κ3) is 4.17. The molecule has 3 N–H and O–H groups in total. The molecule has 0 aliphatic heterocycles. The molecule has 0 bridgehead atoms. The summed E-state index contributed by atoms with van der Waals surface area (Å²) in [6.45, 7) is 1.36. The van der Waals surface area contributed by atoms with E-state index in [0.717, 1.165) is 17.4 Å². The van der Waals surface area contributed by atoms with Crippen LogP contribution in [0.1, 0.15) is 42.9 Å². The van der Waals surface area contributed by atoms with Crippen LogP contribution in [0.15, 0.2) is 24.3 Å². The number of thiophene rings is 1. The van der Waals surface area contributed by atoms with E-state index in [2.05, 4.69) is 5.32 Å². The number of halogens is 1. The zero-order valence-corrected chi connectivity index (χ0v) is 14.9. The van der Waals surface area contributed by atoms with E-state index in [1.807, 2.05) is 0 Å². The van der Waals surface area contributed by atoms with Crippen LogP contribution in [0.25, 0.3) is 0 Å². The first-order valence-corrected chi connectivity index (χ1v) is 8.43. The van der Waals surface area contributed by atoms with Gasteiger partial charge < -0.3 is 20.5 Å². The van der Waals surface area contributed by atoms with E-state index in [0.29, 0.717) is 0 Å². The molecule has 0 unspecified atom stereocenters. The number of hydrogen-bond donors (Lipinski definition) is 2. The number of nitrogen functional groups attached to an aromatic ring is 1. The monoisotopic (exact) mass is 380 g/mol. The highest BCUT2D eigenvalue weighted by Crippen LogP contribution is 2.32. The smallest absolute Gasteiger partial charge is 0.341 e. The molecule has 7 nitrogen and oxygen atoms in total. The van der Waals surface area contributed by atoms with Gasteiger partial charge in [0.2, 0.25) is 0 Å². The van der Waals surface area contributed by atoms with Gasteiger partial charge in [-0.05, 0) is 25.1 Å². The molecule has 1 heterocycles. The van der Waals surface area contributed by atoms with Crippen molar-refractivity contribution in [3.05, 3.63) is 51.7 Å². The van der Waals surface area contributed by atoms with Crippen LogP contribution < -0.4 is 11.1 Å². The van der Waals surface area contributed by atoms with Gasteiger partial charge in [0.05, 0.1) is 12.2 Å². The SMILES string of the molecule is CCOC(=O)c1c(N)sc(C(=O)NC)c1COC(=O)c1cccc(F)c1. The summed E-state index contributed by atoms with van der Waals surface area (Å²) in [5.41, 5.74) is 5.99. The van der Waals surface area contributed by atoms with E-state index in [-0.39, 0.29) is 39.8 Å². The summed E-state index contributed by atoms with van der Waals surface area (Å²) in [4.78, 5) is 36.4. The number of anilines is 1. The number of carbonyl (C=O) groups excluding carboxylic acids is 3. The highest BCUT2D eigenvalue weighted by Gasteiger charge is 2.27. The maximum absolute atomic E-state index is 13.2. The summed E-state index contributed by atoms with van der Waals surface area (Å²) >= 11 is 0.891. The Morgan fingerprint density at radius 3 is 2.58 bits per heavy atom. The van der Waals surface area contributed by atoms with Gasteiger partial charge >= 0.3 is 11.9 Å². The van der Waals surface area contributed by atoms with Gasteiger partial charge in [-0.2, -0.15) is 0 Å². The number of ether oxygens (including phenoxy) is 2. The maximum atomic E-state index is 13.2. The Morgan fingerprint density at radius 2 is 1.96 bits per heavy atom. The first-order chi connectivity index (χ1) is 12.4. The zero-order chi connectivity index (χ0) is 19.3. The normalized spacial score (nSPS) is 10.3. The predicted octanol–water partition coefficient (Wildman–Crippen LogP) is 2.36. The van der Waals surface area contributed by atoms with Crippen LogP contribution in [0.5, 0.6) is 0 Å². The highest BCUT2D eigenvalue weighted by molar-refractivity contribution is 7.18. The minimum Gasteiger partial charge on any atom is -0.462 e. The number of carbonyl (C=O) groups is 3. The molecule has 26 heavy (non-hydrogen) atoms. The molecule has 0 saturated carbocycles. The van der Waals surface area contributed by atoms with E-state index < -0.39 is 23.7 Å². The van der Waals surface area contributed by atoms with Crippen LogP contribution >= 0.6 is 11.3 Å². The molecule has 0 atom stereocenters. The third-order valence-corrected chi connectivity index (χ3v) is 4.42. The average molecular weight is 380 g/mol. The molecule has 1 aromatic heterocycles. The molecule has 138 valence electrons. The molecule has 2 rings (SSSR count). The number of rotatable bonds is 6. The molecule has 0 aliphatic rings. The molecule has 0 spiro atoms. The minimum absolute atomic E-state index is 0.00683. The summed E-state index contributed by atoms with van der Waals surface area (Å²) in [6, 6.07) is 4.98. The van der Waals surface area contributed by atoms with E-state index >= 15 is 0 Å². The summed E-state index contributed by atoms with van der Waals surface area (Å²) in [5.74, 6) is -2.58. The lowest BCUT2D eigenvalue weighted by molar-refractivity contribution is 0.0449. The quantitative estimate of drug-likeness (QED) is 0.745. The van der Waals surface area contributed by atoms with Crippen LogP contribution in [-0.4, -0.2) is 31.5 Å². The largest absolute Gasteiger partial charge is 0.462 e. The lowest BCUT2D eigenvalue weighted by atomic mass is 10.1. The Morgan fingerprint density at radius 1 is 1.23 bits per heavy atom. The Hall–Kier alpha value is -2.94. The minimum atomic E-state index is -0.799. The Labute approximate surface area is 152 Å². The number of nitrogens with two attached hydrogens (primary N) is 1. The van der Waals surface area contributed by atoms with Gasteiger partial charge in [0, 0.05) is 12.6 Å². The van der Waals surface area contributed by atoms with Crippen LogP contribution in [0, 0.1) is 5.82 Å². The van der Waals surface area contributed by atoms with E-state index in [1.165, 1.54) is 25.2 Å². The van der Waals surface area contributed by atoms with Crippen LogP contribution in [-0.2, 0) is 16.1 Å². The number of hydrogen-bond acceptors (Lipinski definition) is 7. The van der Waals surface area contributed by atoms with Crippen molar-refractivity contribution in [3.8, 4) is 0 Å². The molecule has 0 saturated heterocycles. The second kappa shape index (κ2) is 8.43. The van der Waals surface area contributed by atoms with Gasteiger partial charge in [-0.3, -0.25) is 4.79 Å². The fourth-order valence-corrected chi connectivity index (χ4v) is 3.19. The van der Waals surface area contributed by atoms with Crippen molar-refractivity contribution in [3.63, 3.8) is 0 Å². The summed E-state index contributed by atoms with van der Waals surface area (Å²) < 4.78 is 23.3. The van der Waals surface area contributed by atoms with Gasteiger partial charge in [-0.25, -0.2) is 14.0 Å². The van der Waals surface area contributed by atoms with Crippen LogP contribution in [0.3, 0.4) is 0 Å². The van der Waals surface area contributed by atoms with Gasteiger partial charge in [0.25, 0.3) is 5.91 Å². The lowest BCUT2D eigenvalue weighted by Gasteiger charge is -2.09. The topological polar surface area (TPSA) is 108 Å². The molecule has 0 fully saturated rings. The molecule has 0 radical (unpaired) electrons. The Bertz CT molecular complexity index is 850. The van der Waals surface area contributed by atoms with E-state index in [1.54, 1.807) is 6.92 Å².